The maximum Gasteiger partial charge on any atom is 0.115 e. The number of likely N-dealkylation sites (tertiary alicyclic amines) is 1. The van der Waals surface area contributed by atoms with Gasteiger partial charge in [-0.1, -0.05) is 43.3 Å². The van der Waals surface area contributed by atoms with Gasteiger partial charge in [-0.3, -0.25) is 0 Å². The standard InChI is InChI=1S/C20H23NO/c1-14-19-12-15-8-9-17(22)13-18(15)20(14,10-11-21(19)2)16-6-4-3-5-7-16/h3-9,13-14,19,22H,10-12H2,1-2H3/t14-,19-,20?/m1/s1. The number of hydrogen-bond acceptors (Lipinski definition) is 2. The molecule has 1 saturated heterocycles. The molecule has 2 heteroatoms. The molecule has 1 unspecified atom stereocenters. The van der Waals surface area contributed by atoms with Gasteiger partial charge in [-0.2, -0.15) is 0 Å². The summed E-state index contributed by atoms with van der Waals surface area (Å²) in [4.78, 5) is 2.52. The summed E-state index contributed by atoms with van der Waals surface area (Å²) in [5.74, 6) is 0.932. The van der Waals surface area contributed by atoms with E-state index in [2.05, 4.69) is 55.3 Å². The van der Waals surface area contributed by atoms with Crippen LogP contribution in [0.2, 0.25) is 0 Å². The summed E-state index contributed by atoms with van der Waals surface area (Å²) in [6, 6.07) is 17.4. The Morgan fingerprint density at radius 3 is 2.68 bits per heavy atom. The molecule has 0 saturated carbocycles. The van der Waals surface area contributed by atoms with Gasteiger partial charge in [0.1, 0.15) is 5.75 Å². The van der Waals surface area contributed by atoms with Crippen LogP contribution in [0.4, 0.5) is 0 Å². The van der Waals surface area contributed by atoms with Crippen molar-refractivity contribution >= 4 is 0 Å². The maximum atomic E-state index is 10.1. The Balaban J connectivity index is 1.99. The number of phenolic OH excluding ortho intramolecular Hbond substituents is 1. The van der Waals surface area contributed by atoms with Crippen molar-refractivity contribution in [1.82, 2.24) is 4.90 Å². The van der Waals surface area contributed by atoms with Crippen molar-refractivity contribution in [3.63, 3.8) is 0 Å². The van der Waals surface area contributed by atoms with Crippen LogP contribution in [-0.2, 0) is 11.8 Å². The van der Waals surface area contributed by atoms with Crippen LogP contribution >= 0.6 is 0 Å². The van der Waals surface area contributed by atoms with Crippen molar-refractivity contribution in [2.75, 3.05) is 13.6 Å². The second kappa shape index (κ2) is 4.85. The molecule has 4 rings (SSSR count). The maximum absolute atomic E-state index is 10.1. The number of hydrogen-bond donors (Lipinski definition) is 1. The van der Waals surface area contributed by atoms with E-state index in [4.69, 9.17) is 0 Å². The fraction of sp³-hybridized carbons (Fsp3) is 0.400. The Morgan fingerprint density at radius 1 is 1.14 bits per heavy atom. The number of phenols is 1. The van der Waals surface area contributed by atoms with Crippen LogP contribution in [0.15, 0.2) is 48.5 Å². The third-order valence-corrected chi connectivity index (χ3v) is 6.07. The van der Waals surface area contributed by atoms with Gasteiger partial charge in [0, 0.05) is 11.5 Å². The van der Waals surface area contributed by atoms with Crippen molar-refractivity contribution in [2.45, 2.75) is 31.2 Å². The van der Waals surface area contributed by atoms with E-state index >= 15 is 0 Å². The van der Waals surface area contributed by atoms with Crippen molar-refractivity contribution in [3.8, 4) is 5.75 Å². The minimum atomic E-state index is 0.0325. The molecule has 0 aromatic heterocycles. The quantitative estimate of drug-likeness (QED) is 0.869. The zero-order valence-electron chi connectivity index (χ0n) is 13.3. The van der Waals surface area contributed by atoms with Crippen molar-refractivity contribution in [1.29, 1.82) is 0 Å². The molecule has 1 aliphatic heterocycles. The van der Waals surface area contributed by atoms with E-state index in [1.54, 1.807) is 0 Å². The largest absolute Gasteiger partial charge is 0.508 e. The average molecular weight is 293 g/mol. The molecule has 0 radical (unpaired) electrons. The molecule has 1 aliphatic carbocycles. The van der Waals surface area contributed by atoms with Crippen LogP contribution in [-0.4, -0.2) is 29.6 Å². The first-order chi connectivity index (χ1) is 10.6. The predicted molar refractivity (Wildman–Crippen MR) is 89.2 cm³/mol. The van der Waals surface area contributed by atoms with Crippen LogP contribution in [0, 0.1) is 5.92 Å². The molecule has 3 atom stereocenters. The number of rotatable bonds is 1. The van der Waals surface area contributed by atoms with Gasteiger partial charge in [-0.25, -0.2) is 0 Å². The van der Waals surface area contributed by atoms with E-state index in [1.165, 1.54) is 16.7 Å². The molecule has 1 fully saturated rings. The summed E-state index contributed by atoms with van der Waals surface area (Å²) < 4.78 is 0. The highest BCUT2D eigenvalue weighted by molar-refractivity contribution is 5.51. The SMILES string of the molecule is C[C@@H]1[C@H]2Cc3ccc(O)cc3C1(c1ccccc1)CCN2C. The lowest BCUT2D eigenvalue weighted by Gasteiger charge is -2.55. The van der Waals surface area contributed by atoms with Crippen LogP contribution in [0.1, 0.15) is 30.0 Å². The lowest BCUT2D eigenvalue weighted by molar-refractivity contribution is 0.0613. The number of piperidine rings is 1. The average Bonchev–Trinajstić information content (AvgIpc) is 2.53. The van der Waals surface area contributed by atoms with E-state index < -0.39 is 0 Å². The normalized spacial score (nSPS) is 30.8. The predicted octanol–water partition coefficient (Wildman–Crippen LogP) is 3.57. The Morgan fingerprint density at radius 2 is 1.91 bits per heavy atom. The van der Waals surface area contributed by atoms with Gasteiger partial charge in [0.05, 0.1) is 0 Å². The molecule has 0 amide bonds. The molecule has 2 aromatic carbocycles. The van der Waals surface area contributed by atoms with Gasteiger partial charge < -0.3 is 10.0 Å². The zero-order valence-corrected chi connectivity index (χ0v) is 13.3. The highest BCUT2D eigenvalue weighted by Gasteiger charge is 2.51. The minimum Gasteiger partial charge on any atom is -0.508 e. The summed E-state index contributed by atoms with van der Waals surface area (Å²) in [6.07, 6.45) is 2.20. The monoisotopic (exact) mass is 293 g/mol. The molecule has 2 aromatic rings. The molecule has 1 N–H and O–H groups in total. The fourth-order valence-electron chi connectivity index (χ4n) is 4.85. The molecule has 114 valence electrons. The van der Waals surface area contributed by atoms with Crippen molar-refractivity contribution in [3.05, 3.63) is 65.2 Å². The van der Waals surface area contributed by atoms with Gasteiger partial charge in [-0.05, 0) is 61.2 Å². The van der Waals surface area contributed by atoms with Crippen LogP contribution in [0.3, 0.4) is 0 Å². The Labute approximate surface area is 132 Å². The molecular formula is C20H23NO. The molecular weight excluding hydrogens is 270 g/mol. The van der Waals surface area contributed by atoms with E-state index in [-0.39, 0.29) is 5.41 Å². The first kappa shape index (κ1) is 13.8. The molecule has 2 bridgehead atoms. The smallest absolute Gasteiger partial charge is 0.115 e. The first-order valence-electron chi connectivity index (χ1n) is 8.21. The Hall–Kier alpha value is -1.80. The van der Waals surface area contributed by atoms with Crippen LogP contribution < -0.4 is 0 Å². The molecule has 2 aliphatic rings. The number of nitrogens with zero attached hydrogens (tertiary/aromatic N) is 1. The van der Waals surface area contributed by atoms with Gasteiger partial charge in [0.25, 0.3) is 0 Å². The van der Waals surface area contributed by atoms with E-state index in [1.807, 2.05) is 12.1 Å². The Kier molecular flexibility index (Phi) is 3.05. The Bertz CT molecular complexity index is 696. The number of likely N-dealkylation sites (N-methyl/N-ethyl adjacent to an activating group) is 1. The summed E-state index contributed by atoms with van der Waals surface area (Å²) in [7, 11) is 2.25. The zero-order chi connectivity index (χ0) is 15.3. The van der Waals surface area contributed by atoms with E-state index in [0.29, 0.717) is 17.7 Å². The highest BCUT2D eigenvalue weighted by atomic mass is 16.3. The van der Waals surface area contributed by atoms with E-state index in [0.717, 1.165) is 19.4 Å². The number of fused-ring (bicyclic) bond motifs is 4. The second-order valence-corrected chi connectivity index (χ2v) is 6.97. The van der Waals surface area contributed by atoms with Gasteiger partial charge in [0.15, 0.2) is 0 Å². The van der Waals surface area contributed by atoms with Crippen molar-refractivity contribution in [2.24, 2.45) is 5.92 Å². The minimum absolute atomic E-state index is 0.0325. The van der Waals surface area contributed by atoms with Gasteiger partial charge >= 0.3 is 0 Å². The van der Waals surface area contributed by atoms with Crippen molar-refractivity contribution < 1.29 is 5.11 Å². The lowest BCUT2D eigenvalue weighted by Crippen LogP contribution is -2.58. The summed E-state index contributed by atoms with van der Waals surface area (Å²) in [6.45, 7) is 3.50. The highest BCUT2D eigenvalue weighted by Crippen LogP contribution is 2.52. The summed E-state index contributed by atoms with van der Waals surface area (Å²) in [5, 5.41) is 10.1. The van der Waals surface area contributed by atoms with E-state index in [9.17, 15) is 5.11 Å². The molecule has 22 heavy (non-hydrogen) atoms. The summed E-state index contributed by atoms with van der Waals surface area (Å²) in [5.41, 5.74) is 4.17. The number of benzene rings is 2. The van der Waals surface area contributed by atoms with Gasteiger partial charge in [-0.15, -0.1) is 0 Å². The lowest BCUT2D eigenvalue weighted by atomic mass is 9.55. The first-order valence-corrected chi connectivity index (χ1v) is 8.21. The van der Waals surface area contributed by atoms with Crippen LogP contribution in [0.5, 0.6) is 5.75 Å². The van der Waals surface area contributed by atoms with Gasteiger partial charge in [0.2, 0.25) is 0 Å². The fourth-order valence-corrected chi connectivity index (χ4v) is 4.85. The number of aromatic hydroxyl groups is 1. The topological polar surface area (TPSA) is 23.5 Å². The third kappa shape index (κ3) is 1.77. The second-order valence-electron chi connectivity index (χ2n) is 6.97. The summed E-state index contributed by atoms with van der Waals surface area (Å²) >= 11 is 0. The van der Waals surface area contributed by atoms with Crippen LogP contribution in [0.25, 0.3) is 0 Å². The third-order valence-electron chi connectivity index (χ3n) is 6.07. The molecule has 2 nitrogen and oxygen atoms in total. The molecule has 0 spiro atoms. The molecule has 1 heterocycles.